The normalized spacial score (nSPS) is 15.4. The Balaban J connectivity index is 1.34. The van der Waals surface area contributed by atoms with Gasteiger partial charge in [-0.3, -0.25) is 4.90 Å². The first-order valence-electron chi connectivity index (χ1n) is 11.6. The smallest absolute Gasteiger partial charge is 0.230 e. The molecule has 36 heavy (non-hydrogen) atoms. The predicted octanol–water partition coefficient (Wildman–Crippen LogP) is 4.82. The lowest BCUT2D eigenvalue weighted by Crippen LogP contribution is -2.47. The minimum absolute atomic E-state index is 0.0640. The van der Waals surface area contributed by atoms with Crippen molar-refractivity contribution < 1.29 is 18.7 Å². The molecule has 1 saturated heterocycles. The van der Waals surface area contributed by atoms with E-state index in [2.05, 4.69) is 19.9 Å². The standard InChI is InChI=1S/C26H24FN5O3S/c1-34-20-5-2-4-17(16-20)22(31-13-11-30(12-14-31)19-9-7-18(27)8-10-19)23-25(33)32-26(36-23)28-24(29-32)21-6-3-15-35-21/h2-10,15-16,22,33H,11-14H2,1H3/t22-/m0/s1. The Bertz CT molecular complexity index is 1470. The van der Waals surface area contributed by atoms with Gasteiger partial charge in [0.1, 0.15) is 11.6 Å². The summed E-state index contributed by atoms with van der Waals surface area (Å²) in [5.41, 5.74) is 2.01. The molecule has 6 rings (SSSR count). The number of hydrogen-bond donors (Lipinski definition) is 1. The number of furan rings is 1. The van der Waals surface area contributed by atoms with Crippen LogP contribution in [0.5, 0.6) is 11.6 Å². The third-order valence-electron chi connectivity index (χ3n) is 6.47. The van der Waals surface area contributed by atoms with E-state index in [9.17, 15) is 9.50 Å². The molecule has 0 saturated carbocycles. The van der Waals surface area contributed by atoms with Crippen molar-refractivity contribution in [2.24, 2.45) is 0 Å². The van der Waals surface area contributed by atoms with E-state index in [1.807, 2.05) is 36.4 Å². The number of fused-ring (bicyclic) bond motifs is 1. The van der Waals surface area contributed by atoms with Crippen molar-refractivity contribution in [1.82, 2.24) is 19.5 Å². The molecular formula is C26H24FN5O3S. The summed E-state index contributed by atoms with van der Waals surface area (Å²) < 4.78 is 25.8. The molecule has 0 radical (unpaired) electrons. The first-order chi connectivity index (χ1) is 17.6. The van der Waals surface area contributed by atoms with Crippen molar-refractivity contribution in [1.29, 1.82) is 0 Å². The minimum atomic E-state index is -0.238. The first-order valence-corrected chi connectivity index (χ1v) is 12.4. The second kappa shape index (κ2) is 9.29. The highest BCUT2D eigenvalue weighted by atomic mass is 32.1. The quantitative estimate of drug-likeness (QED) is 0.355. The van der Waals surface area contributed by atoms with Crippen molar-refractivity contribution in [2.45, 2.75) is 6.04 Å². The largest absolute Gasteiger partial charge is 0.497 e. The maximum absolute atomic E-state index is 13.4. The summed E-state index contributed by atoms with van der Waals surface area (Å²) in [7, 11) is 1.65. The van der Waals surface area contributed by atoms with Gasteiger partial charge in [-0.1, -0.05) is 23.5 Å². The van der Waals surface area contributed by atoms with Crippen LogP contribution in [-0.4, -0.2) is 57.9 Å². The Hall–Kier alpha value is -3.89. The Labute approximate surface area is 210 Å². The summed E-state index contributed by atoms with van der Waals surface area (Å²) in [5.74, 6) is 1.56. The zero-order valence-corrected chi connectivity index (χ0v) is 20.4. The molecule has 0 amide bonds. The third-order valence-corrected chi connectivity index (χ3v) is 7.54. The molecule has 8 nitrogen and oxygen atoms in total. The van der Waals surface area contributed by atoms with Gasteiger partial charge >= 0.3 is 0 Å². The summed E-state index contributed by atoms with van der Waals surface area (Å²) in [6, 6.07) is 17.9. The molecule has 1 aliphatic heterocycles. The fourth-order valence-electron chi connectivity index (χ4n) is 4.67. The van der Waals surface area contributed by atoms with Crippen molar-refractivity contribution in [3.63, 3.8) is 0 Å². The molecule has 0 spiro atoms. The monoisotopic (exact) mass is 505 g/mol. The average Bonchev–Trinajstić information content (AvgIpc) is 3.64. The number of hydrogen-bond acceptors (Lipinski definition) is 8. The number of halogens is 1. The van der Waals surface area contributed by atoms with Crippen molar-refractivity contribution in [2.75, 3.05) is 38.2 Å². The van der Waals surface area contributed by atoms with E-state index in [0.717, 1.165) is 48.1 Å². The van der Waals surface area contributed by atoms with Crippen LogP contribution in [0.1, 0.15) is 16.5 Å². The molecule has 184 valence electrons. The second-order valence-electron chi connectivity index (χ2n) is 8.58. The molecule has 1 atom stereocenters. The van der Waals surface area contributed by atoms with Crippen molar-refractivity contribution >= 4 is 22.0 Å². The molecule has 0 bridgehead atoms. The van der Waals surface area contributed by atoms with E-state index < -0.39 is 0 Å². The fourth-order valence-corrected chi connectivity index (χ4v) is 5.79. The molecule has 5 aromatic rings. The maximum atomic E-state index is 13.4. The summed E-state index contributed by atoms with van der Waals surface area (Å²) in [6.07, 6.45) is 1.57. The molecule has 10 heteroatoms. The van der Waals surface area contributed by atoms with Gasteiger partial charge in [0.15, 0.2) is 5.76 Å². The van der Waals surface area contributed by atoms with Gasteiger partial charge in [-0.25, -0.2) is 4.39 Å². The van der Waals surface area contributed by atoms with Crippen LogP contribution in [0.3, 0.4) is 0 Å². The number of piperazine rings is 1. The molecule has 1 N–H and O–H groups in total. The summed E-state index contributed by atoms with van der Waals surface area (Å²) >= 11 is 1.41. The van der Waals surface area contributed by atoms with Crippen LogP contribution >= 0.6 is 11.3 Å². The van der Waals surface area contributed by atoms with E-state index in [1.54, 1.807) is 25.5 Å². The van der Waals surface area contributed by atoms with Gasteiger partial charge in [-0.15, -0.1) is 5.10 Å². The van der Waals surface area contributed by atoms with E-state index in [4.69, 9.17) is 9.15 Å². The van der Waals surface area contributed by atoms with E-state index in [-0.39, 0.29) is 17.7 Å². The van der Waals surface area contributed by atoms with Crippen molar-refractivity contribution in [3.8, 4) is 23.2 Å². The number of thiazole rings is 1. The van der Waals surface area contributed by atoms with Crippen LogP contribution in [0.2, 0.25) is 0 Å². The minimum Gasteiger partial charge on any atom is -0.497 e. The van der Waals surface area contributed by atoms with Crippen LogP contribution in [0.15, 0.2) is 71.3 Å². The number of rotatable bonds is 6. The van der Waals surface area contributed by atoms with Gasteiger partial charge < -0.3 is 19.2 Å². The number of ether oxygens (including phenoxy) is 1. The third kappa shape index (κ3) is 4.08. The molecule has 4 heterocycles. The van der Waals surface area contributed by atoms with Crippen LogP contribution in [0, 0.1) is 5.82 Å². The van der Waals surface area contributed by atoms with E-state index >= 15 is 0 Å². The summed E-state index contributed by atoms with van der Waals surface area (Å²) in [4.78, 5) is 10.5. The number of nitrogens with zero attached hydrogens (tertiary/aromatic N) is 5. The van der Waals surface area contributed by atoms with Gasteiger partial charge in [0.05, 0.1) is 24.3 Å². The zero-order chi connectivity index (χ0) is 24.6. The van der Waals surface area contributed by atoms with Gasteiger partial charge in [-0.2, -0.15) is 9.50 Å². The topological polar surface area (TPSA) is 79.3 Å². The van der Waals surface area contributed by atoms with Gasteiger partial charge in [0.2, 0.25) is 16.7 Å². The molecule has 3 aromatic heterocycles. The SMILES string of the molecule is COc1cccc([C@@H](c2sc3nc(-c4ccco4)nn3c2O)N2CCN(c3ccc(F)cc3)CC2)c1. The van der Waals surface area contributed by atoms with Gasteiger partial charge in [0, 0.05) is 31.9 Å². The second-order valence-corrected chi connectivity index (χ2v) is 9.58. The van der Waals surface area contributed by atoms with Crippen molar-refractivity contribution in [3.05, 3.63) is 83.2 Å². The summed E-state index contributed by atoms with van der Waals surface area (Å²) in [6.45, 7) is 3.06. The molecule has 0 unspecified atom stereocenters. The number of aromatic hydroxyl groups is 1. The lowest BCUT2D eigenvalue weighted by atomic mass is 10.0. The molecule has 0 aliphatic carbocycles. The number of aromatic nitrogens is 3. The van der Waals surface area contributed by atoms with Gasteiger partial charge in [-0.05, 0) is 54.1 Å². The number of methoxy groups -OCH3 is 1. The van der Waals surface area contributed by atoms with E-state index in [1.165, 1.54) is 28.0 Å². The number of benzene rings is 2. The van der Waals surface area contributed by atoms with Gasteiger partial charge in [0.25, 0.3) is 0 Å². The Morgan fingerprint density at radius 3 is 2.56 bits per heavy atom. The lowest BCUT2D eigenvalue weighted by molar-refractivity contribution is 0.211. The molecular weight excluding hydrogens is 481 g/mol. The Morgan fingerprint density at radius 1 is 1.06 bits per heavy atom. The van der Waals surface area contributed by atoms with Crippen LogP contribution in [0.25, 0.3) is 16.5 Å². The average molecular weight is 506 g/mol. The lowest BCUT2D eigenvalue weighted by Gasteiger charge is -2.40. The van der Waals surface area contributed by atoms with Crippen LogP contribution in [-0.2, 0) is 0 Å². The fraction of sp³-hybridized carbons (Fsp3) is 0.231. The highest BCUT2D eigenvalue weighted by Crippen LogP contribution is 2.41. The molecule has 1 aliphatic rings. The number of anilines is 1. The molecule has 2 aromatic carbocycles. The Kier molecular flexibility index (Phi) is 5.82. The first kappa shape index (κ1) is 22.6. The van der Waals surface area contributed by atoms with Crippen LogP contribution in [0.4, 0.5) is 10.1 Å². The predicted molar refractivity (Wildman–Crippen MR) is 135 cm³/mol. The molecule has 1 fully saturated rings. The zero-order valence-electron chi connectivity index (χ0n) is 19.5. The van der Waals surface area contributed by atoms with Crippen LogP contribution < -0.4 is 9.64 Å². The maximum Gasteiger partial charge on any atom is 0.230 e. The van der Waals surface area contributed by atoms with E-state index in [0.29, 0.717) is 16.5 Å². The highest BCUT2D eigenvalue weighted by Gasteiger charge is 2.32. The summed E-state index contributed by atoms with van der Waals surface area (Å²) in [5, 5.41) is 15.8. The highest BCUT2D eigenvalue weighted by molar-refractivity contribution is 7.17. The Morgan fingerprint density at radius 2 is 1.86 bits per heavy atom.